The maximum absolute atomic E-state index is 13.0. The number of amides is 1. The molecule has 0 aliphatic rings. The van der Waals surface area contributed by atoms with E-state index < -0.39 is 0 Å². The van der Waals surface area contributed by atoms with E-state index in [0.29, 0.717) is 34.2 Å². The number of aromatic nitrogens is 2. The number of H-pyrrole nitrogens is 1. The summed E-state index contributed by atoms with van der Waals surface area (Å²) in [6, 6.07) is 20.8. The third-order valence-corrected chi connectivity index (χ3v) is 5.80. The van der Waals surface area contributed by atoms with Crippen LogP contribution in [0.1, 0.15) is 27.0 Å². The average molecular weight is 430 g/mol. The number of nitrogens with one attached hydrogen (secondary N) is 2. The van der Waals surface area contributed by atoms with Crippen LogP contribution in [0.3, 0.4) is 0 Å². The lowest BCUT2D eigenvalue weighted by Gasteiger charge is -2.10. The molecule has 0 aliphatic heterocycles. The Morgan fingerprint density at radius 2 is 1.77 bits per heavy atom. The van der Waals surface area contributed by atoms with Gasteiger partial charge in [-0.2, -0.15) is 0 Å². The summed E-state index contributed by atoms with van der Waals surface area (Å²) in [5.74, 6) is -0.238. The summed E-state index contributed by atoms with van der Waals surface area (Å²) in [5, 5.41) is 3.41. The molecule has 0 radical (unpaired) electrons. The summed E-state index contributed by atoms with van der Waals surface area (Å²) in [6.45, 7) is 4.52. The largest absolute Gasteiger partial charge is 0.332 e. The highest BCUT2D eigenvalue weighted by molar-refractivity contribution is 7.71. The number of carbonyl (C=O) groups excluding carboxylic acids is 1. The van der Waals surface area contributed by atoms with Crippen LogP contribution < -0.4 is 10.9 Å². The van der Waals surface area contributed by atoms with E-state index in [4.69, 9.17) is 12.2 Å². The lowest BCUT2D eigenvalue weighted by molar-refractivity contribution is 0.102. The van der Waals surface area contributed by atoms with Crippen LogP contribution >= 0.6 is 12.2 Å². The molecule has 0 fully saturated rings. The Morgan fingerprint density at radius 3 is 2.52 bits per heavy atom. The van der Waals surface area contributed by atoms with E-state index in [9.17, 15) is 9.59 Å². The number of nitrogens with zero attached hydrogens (tertiary/aromatic N) is 1. The minimum atomic E-state index is -0.238. The fraction of sp³-hybridized carbons (Fsp3) is 0.160. The molecule has 5 nitrogen and oxygen atoms in total. The highest BCUT2D eigenvalue weighted by atomic mass is 32.1. The van der Waals surface area contributed by atoms with E-state index in [1.54, 1.807) is 22.8 Å². The molecule has 4 rings (SSSR count). The zero-order valence-electron chi connectivity index (χ0n) is 17.4. The maximum atomic E-state index is 13.0. The number of fused-ring (bicyclic) bond motifs is 1. The van der Waals surface area contributed by atoms with Gasteiger partial charge in [0.2, 0.25) is 0 Å². The lowest BCUT2D eigenvalue weighted by atomic mass is 10.1. The van der Waals surface area contributed by atoms with Crippen LogP contribution in [0.4, 0.5) is 5.69 Å². The highest BCUT2D eigenvalue weighted by Crippen LogP contribution is 2.17. The normalized spacial score (nSPS) is 10.9. The Bertz CT molecular complexity index is 1390. The molecular formula is C25H23N3O2S. The number of aromatic amines is 1. The molecule has 4 aromatic rings. The van der Waals surface area contributed by atoms with E-state index in [0.717, 1.165) is 16.8 Å². The molecule has 0 unspecified atom stereocenters. The predicted octanol–water partition coefficient (Wildman–Crippen LogP) is 5.17. The molecule has 1 aromatic heterocycles. The molecular weight excluding hydrogens is 406 g/mol. The van der Waals surface area contributed by atoms with E-state index in [1.807, 2.05) is 62.4 Å². The molecule has 6 heteroatoms. The third-order valence-electron chi connectivity index (χ3n) is 5.48. The monoisotopic (exact) mass is 429 g/mol. The zero-order chi connectivity index (χ0) is 22.0. The molecule has 1 heterocycles. The van der Waals surface area contributed by atoms with Crippen LogP contribution in [0, 0.1) is 18.6 Å². The van der Waals surface area contributed by atoms with Gasteiger partial charge in [0.05, 0.1) is 10.9 Å². The second-order valence-corrected chi connectivity index (χ2v) is 8.02. The molecule has 0 aliphatic carbocycles. The first-order valence-electron chi connectivity index (χ1n) is 10.1. The Labute approximate surface area is 185 Å². The standard InChI is InChI=1S/C25H23N3O2S/c1-16-8-10-20(14-17(16)2)26-23(29)19-9-11-21-22(15-19)27-25(31)28(24(21)30)13-12-18-6-4-3-5-7-18/h3-11,14-15H,12-13H2,1-2H3,(H,26,29)(H,27,31). The number of benzene rings is 3. The van der Waals surface area contributed by atoms with E-state index in [-0.39, 0.29) is 11.5 Å². The molecule has 0 saturated carbocycles. The van der Waals surface area contributed by atoms with Gasteiger partial charge in [0.15, 0.2) is 4.77 Å². The molecule has 0 atom stereocenters. The van der Waals surface area contributed by atoms with Crippen molar-refractivity contribution >= 4 is 34.7 Å². The van der Waals surface area contributed by atoms with Gasteiger partial charge in [0.25, 0.3) is 11.5 Å². The van der Waals surface area contributed by atoms with E-state index in [1.165, 1.54) is 5.56 Å². The number of aryl methyl sites for hydroxylation is 3. The van der Waals surface area contributed by atoms with Crippen LogP contribution in [0.2, 0.25) is 0 Å². The molecule has 31 heavy (non-hydrogen) atoms. The minimum Gasteiger partial charge on any atom is -0.332 e. The minimum absolute atomic E-state index is 0.157. The third kappa shape index (κ3) is 4.49. The number of hydrogen-bond donors (Lipinski definition) is 2. The van der Waals surface area contributed by atoms with Crippen molar-refractivity contribution in [2.75, 3.05) is 5.32 Å². The summed E-state index contributed by atoms with van der Waals surface area (Å²) < 4.78 is 1.92. The van der Waals surface area contributed by atoms with Crippen LogP contribution in [0.25, 0.3) is 10.9 Å². The summed E-state index contributed by atoms with van der Waals surface area (Å²) in [4.78, 5) is 28.8. The summed E-state index contributed by atoms with van der Waals surface area (Å²) in [5.41, 5.74) is 5.00. The van der Waals surface area contributed by atoms with Gasteiger partial charge < -0.3 is 10.3 Å². The quantitative estimate of drug-likeness (QED) is 0.430. The molecule has 0 saturated heterocycles. The van der Waals surface area contributed by atoms with Crippen LogP contribution in [0.15, 0.2) is 71.5 Å². The second-order valence-electron chi connectivity index (χ2n) is 7.64. The van der Waals surface area contributed by atoms with Crippen molar-refractivity contribution in [3.8, 4) is 0 Å². The van der Waals surface area contributed by atoms with Gasteiger partial charge in [-0.05, 0) is 79.5 Å². The van der Waals surface area contributed by atoms with Crippen LogP contribution in [-0.2, 0) is 13.0 Å². The first-order valence-corrected chi connectivity index (χ1v) is 10.5. The molecule has 2 N–H and O–H groups in total. The fourth-order valence-corrected chi connectivity index (χ4v) is 3.79. The van der Waals surface area contributed by atoms with Gasteiger partial charge in [-0.1, -0.05) is 36.4 Å². The summed E-state index contributed by atoms with van der Waals surface area (Å²) in [6.07, 6.45) is 0.709. The van der Waals surface area contributed by atoms with Crippen LogP contribution in [0.5, 0.6) is 0 Å². The molecule has 3 aromatic carbocycles. The number of rotatable bonds is 5. The van der Waals surface area contributed by atoms with Crippen molar-refractivity contribution in [3.05, 3.63) is 104 Å². The van der Waals surface area contributed by atoms with Gasteiger partial charge in [-0.3, -0.25) is 14.2 Å². The van der Waals surface area contributed by atoms with Crippen molar-refractivity contribution in [2.24, 2.45) is 0 Å². The Morgan fingerprint density at radius 1 is 1.00 bits per heavy atom. The van der Waals surface area contributed by atoms with Crippen molar-refractivity contribution in [3.63, 3.8) is 0 Å². The van der Waals surface area contributed by atoms with Crippen LogP contribution in [-0.4, -0.2) is 15.5 Å². The van der Waals surface area contributed by atoms with Gasteiger partial charge in [-0.25, -0.2) is 0 Å². The lowest BCUT2D eigenvalue weighted by Crippen LogP contribution is -2.23. The Hall–Kier alpha value is -3.51. The summed E-state index contributed by atoms with van der Waals surface area (Å²) >= 11 is 5.43. The van der Waals surface area contributed by atoms with Crippen molar-refractivity contribution in [2.45, 2.75) is 26.8 Å². The van der Waals surface area contributed by atoms with Crippen molar-refractivity contribution in [1.29, 1.82) is 0 Å². The highest BCUT2D eigenvalue weighted by Gasteiger charge is 2.11. The Balaban J connectivity index is 1.60. The van der Waals surface area contributed by atoms with E-state index in [2.05, 4.69) is 10.3 Å². The summed E-state index contributed by atoms with van der Waals surface area (Å²) in [7, 11) is 0. The van der Waals surface area contributed by atoms with Gasteiger partial charge in [0.1, 0.15) is 0 Å². The topological polar surface area (TPSA) is 66.9 Å². The van der Waals surface area contributed by atoms with Crippen molar-refractivity contribution < 1.29 is 4.79 Å². The van der Waals surface area contributed by atoms with Gasteiger partial charge in [0, 0.05) is 17.8 Å². The maximum Gasteiger partial charge on any atom is 0.262 e. The predicted molar refractivity (Wildman–Crippen MR) is 127 cm³/mol. The first-order chi connectivity index (χ1) is 14.9. The van der Waals surface area contributed by atoms with E-state index >= 15 is 0 Å². The number of hydrogen-bond acceptors (Lipinski definition) is 3. The number of anilines is 1. The zero-order valence-corrected chi connectivity index (χ0v) is 18.3. The number of carbonyl (C=O) groups is 1. The van der Waals surface area contributed by atoms with Gasteiger partial charge >= 0.3 is 0 Å². The first kappa shape index (κ1) is 20.8. The second kappa shape index (κ2) is 8.70. The molecule has 1 amide bonds. The molecule has 0 spiro atoms. The smallest absolute Gasteiger partial charge is 0.262 e. The molecule has 0 bridgehead atoms. The molecule has 156 valence electrons. The average Bonchev–Trinajstić information content (AvgIpc) is 2.76. The Kier molecular flexibility index (Phi) is 5.82. The fourth-order valence-electron chi connectivity index (χ4n) is 3.51. The SMILES string of the molecule is Cc1ccc(NC(=O)c2ccc3c(=O)n(CCc4ccccc4)c(=S)[nH]c3c2)cc1C. The van der Waals surface area contributed by atoms with Gasteiger partial charge in [-0.15, -0.1) is 0 Å². The van der Waals surface area contributed by atoms with Crippen molar-refractivity contribution in [1.82, 2.24) is 9.55 Å².